The second-order valence-electron chi connectivity index (χ2n) is 4.43. The summed E-state index contributed by atoms with van der Waals surface area (Å²) in [6, 6.07) is 7.24. The molecule has 1 aromatic carbocycles. The normalized spacial score (nSPS) is 10.1. The number of pyridine rings is 1. The number of methoxy groups -OCH3 is 3. The van der Waals surface area contributed by atoms with Gasteiger partial charge in [0.05, 0.1) is 26.9 Å². The Labute approximate surface area is 123 Å². The summed E-state index contributed by atoms with van der Waals surface area (Å²) in [5, 5.41) is 0. The molecule has 21 heavy (non-hydrogen) atoms. The van der Waals surface area contributed by atoms with Crippen LogP contribution in [0.15, 0.2) is 30.5 Å². The predicted octanol–water partition coefficient (Wildman–Crippen LogP) is 2.86. The van der Waals surface area contributed by atoms with E-state index in [0.29, 0.717) is 22.6 Å². The molecule has 0 spiro atoms. The molecule has 0 radical (unpaired) electrons. The maximum Gasteiger partial charge on any atom is 0.340 e. The van der Waals surface area contributed by atoms with Crippen LogP contribution >= 0.6 is 0 Å². The average Bonchev–Trinajstić information content (AvgIpc) is 2.53. The van der Waals surface area contributed by atoms with E-state index in [-0.39, 0.29) is 0 Å². The summed E-state index contributed by atoms with van der Waals surface area (Å²) < 4.78 is 15.4. The number of aryl methyl sites for hydroxylation is 1. The molecular weight excluding hydrogens is 270 g/mol. The summed E-state index contributed by atoms with van der Waals surface area (Å²) in [6.07, 6.45) is 1.51. The number of carbonyl (C=O) groups is 1. The van der Waals surface area contributed by atoms with Crippen molar-refractivity contribution >= 4 is 5.97 Å². The topological polar surface area (TPSA) is 57.7 Å². The molecule has 0 aliphatic rings. The van der Waals surface area contributed by atoms with Gasteiger partial charge < -0.3 is 14.2 Å². The minimum Gasteiger partial charge on any atom is -0.497 e. The summed E-state index contributed by atoms with van der Waals surface area (Å²) in [7, 11) is 4.51. The number of rotatable bonds is 4. The average molecular weight is 287 g/mol. The van der Waals surface area contributed by atoms with Crippen molar-refractivity contribution in [2.45, 2.75) is 6.92 Å². The maximum atomic E-state index is 11.9. The van der Waals surface area contributed by atoms with Gasteiger partial charge in [-0.2, -0.15) is 0 Å². The zero-order valence-electron chi connectivity index (χ0n) is 12.5. The van der Waals surface area contributed by atoms with E-state index < -0.39 is 5.97 Å². The van der Waals surface area contributed by atoms with E-state index >= 15 is 0 Å². The van der Waals surface area contributed by atoms with Gasteiger partial charge in [0.2, 0.25) is 0 Å². The number of hydrogen-bond acceptors (Lipinski definition) is 5. The van der Waals surface area contributed by atoms with Gasteiger partial charge >= 0.3 is 5.97 Å². The number of hydrogen-bond donors (Lipinski definition) is 0. The first-order chi connectivity index (χ1) is 10.1. The molecule has 0 aliphatic heterocycles. The number of ether oxygens (including phenoxy) is 3. The Bertz CT molecular complexity index is 667. The van der Waals surface area contributed by atoms with Crippen LogP contribution in [0.1, 0.15) is 16.1 Å². The second-order valence-corrected chi connectivity index (χ2v) is 4.43. The molecule has 0 unspecified atom stereocenters. The number of esters is 1. The molecule has 0 amide bonds. The molecule has 1 aromatic heterocycles. The fourth-order valence-corrected chi connectivity index (χ4v) is 2.08. The van der Waals surface area contributed by atoms with Crippen LogP contribution in [0.5, 0.6) is 11.5 Å². The van der Waals surface area contributed by atoms with Gasteiger partial charge in [-0.15, -0.1) is 0 Å². The van der Waals surface area contributed by atoms with Gasteiger partial charge in [0.15, 0.2) is 0 Å². The van der Waals surface area contributed by atoms with Crippen LogP contribution in [0.3, 0.4) is 0 Å². The largest absolute Gasteiger partial charge is 0.497 e. The molecule has 0 bridgehead atoms. The van der Waals surface area contributed by atoms with Crippen LogP contribution in [0.25, 0.3) is 11.1 Å². The van der Waals surface area contributed by atoms with E-state index in [1.54, 1.807) is 26.4 Å². The number of nitrogens with zero attached hydrogens (tertiary/aromatic N) is 1. The fraction of sp³-hybridized carbons (Fsp3) is 0.250. The summed E-state index contributed by atoms with van der Waals surface area (Å²) in [4.78, 5) is 16.1. The third-order valence-corrected chi connectivity index (χ3v) is 3.14. The molecular formula is C16H17NO4. The molecule has 0 atom stereocenters. The van der Waals surface area contributed by atoms with Gasteiger partial charge in [-0.05, 0) is 31.2 Å². The molecule has 0 saturated heterocycles. The molecule has 110 valence electrons. The Morgan fingerprint density at radius 1 is 1.05 bits per heavy atom. The molecule has 2 aromatic rings. The smallest absolute Gasteiger partial charge is 0.340 e. The minimum atomic E-state index is -0.442. The Hall–Kier alpha value is -2.56. The number of aromatic nitrogens is 1. The van der Waals surface area contributed by atoms with Crippen molar-refractivity contribution in [1.29, 1.82) is 0 Å². The van der Waals surface area contributed by atoms with Crippen molar-refractivity contribution in [2.24, 2.45) is 0 Å². The van der Waals surface area contributed by atoms with E-state index in [0.717, 1.165) is 11.3 Å². The van der Waals surface area contributed by atoms with Crippen LogP contribution in [0, 0.1) is 6.92 Å². The molecule has 5 heteroatoms. The molecule has 2 rings (SSSR count). The SMILES string of the molecule is COC(=O)c1cnc(C)cc1-c1cc(OC)ccc1OC. The van der Waals surface area contributed by atoms with Crippen molar-refractivity contribution in [3.8, 4) is 22.6 Å². The van der Waals surface area contributed by atoms with E-state index in [4.69, 9.17) is 14.2 Å². The summed E-state index contributed by atoms with van der Waals surface area (Å²) in [5.74, 6) is 0.880. The van der Waals surface area contributed by atoms with Crippen molar-refractivity contribution in [2.75, 3.05) is 21.3 Å². The fourth-order valence-electron chi connectivity index (χ4n) is 2.08. The predicted molar refractivity (Wildman–Crippen MR) is 78.9 cm³/mol. The second kappa shape index (κ2) is 6.26. The van der Waals surface area contributed by atoms with Crippen LogP contribution in [0.2, 0.25) is 0 Å². The molecule has 1 heterocycles. The Morgan fingerprint density at radius 2 is 1.81 bits per heavy atom. The lowest BCUT2D eigenvalue weighted by atomic mass is 9.99. The third-order valence-electron chi connectivity index (χ3n) is 3.14. The maximum absolute atomic E-state index is 11.9. The van der Waals surface area contributed by atoms with E-state index in [1.165, 1.54) is 13.3 Å². The Balaban J connectivity index is 2.70. The van der Waals surface area contributed by atoms with Crippen LogP contribution in [0.4, 0.5) is 0 Å². The van der Waals surface area contributed by atoms with E-state index in [1.807, 2.05) is 19.1 Å². The van der Waals surface area contributed by atoms with Gasteiger partial charge in [0.25, 0.3) is 0 Å². The molecule has 0 saturated carbocycles. The standard InChI is InChI=1S/C16H17NO4/c1-10-7-12(14(9-17-10)16(18)21-4)13-8-11(19-2)5-6-15(13)20-3/h5-9H,1-4H3. The lowest BCUT2D eigenvalue weighted by Crippen LogP contribution is -2.05. The number of benzene rings is 1. The third kappa shape index (κ3) is 2.97. The number of carbonyl (C=O) groups excluding carboxylic acids is 1. The monoisotopic (exact) mass is 287 g/mol. The van der Waals surface area contributed by atoms with Crippen molar-refractivity contribution in [1.82, 2.24) is 4.98 Å². The van der Waals surface area contributed by atoms with Crippen molar-refractivity contribution in [3.05, 3.63) is 41.7 Å². The van der Waals surface area contributed by atoms with Crippen LogP contribution in [-0.4, -0.2) is 32.3 Å². The van der Waals surface area contributed by atoms with E-state index in [9.17, 15) is 4.79 Å². The van der Waals surface area contributed by atoms with Crippen molar-refractivity contribution in [3.63, 3.8) is 0 Å². The van der Waals surface area contributed by atoms with Crippen LogP contribution in [-0.2, 0) is 4.74 Å². The van der Waals surface area contributed by atoms with Gasteiger partial charge in [0.1, 0.15) is 11.5 Å². The first-order valence-electron chi connectivity index (χ1n) is 6.38. The Kier molecular flexibility index (Phi) is 4.42. The highest BCUT2D eigenvalue weighted by molar-refractivity contribution is 5.98. The molecule has 0 aliphatic carbocycles. The first kappa shape index (κ1) is 14.8. The molecule has 0 fully saturated rings. The highest BCUT2D eigenvalue weighted by atomic mass is 16.5. The summed E-state index contributed by atoms with van der Waals surface area (Å²) in [5.41, 5.74) is 2.63. The van der Waals surface area contributed by atoms with E-state index in [2.05, 4.69) is 4.98 Å². The van der Waals surface area contributed by atoms with Crippen molar-refractivity contribution < 1.29 is 19.0 Å². The zero-order valence-corrected chi connectivity index (χ0v) is 12.5. The Morgan fingerprint density at radius 3 is 2.43 bits per heavy atom. The zero-order chi connectivity index (χ0) is 15.4. The quantitative estimate of drug-likeness (QED) is 0.809. The van der Waals surface area contributed by atoms with Gasteiger partial charge in [0, 0.05) is 23.0 Å². The van der Waals surface area contributed by atoms with Gasteiger partial charge in [-0.25, -0.2) is 4.79 Å². The summed E-state index contributed by atoms with van der Waals surface area (Å²) in [6.45, 7) is 1.86. The molecule has 5 nitrogen and oxygen atoms in total. The minimum absolute atomic E-state index is 0.384. The highest BCUT2D eigenvalue weighted by Gasteiger charge is 2.18. The first-order valence-corrected chi connectivity index (χ1v) is 6.38. The van der Waals surface area contributed by atoms with Gasteiger partial charge in [-0.1, -0.05) is 0 Å². The molecule has 0 N–H and O–H groups in total. The lowest BCUT2D eigenvalue weighted by Gasteiger charge is -2.13. The lowest BCUT2D eigenvalue weighted by molar-refractivity contribution is 0.0601. The van der Waals surface area contributed by atoms with Crippen LogP contribution < -0.4 is 9.47 Å². The van der Waals surface area contributed by atoms with Gasteiger partial charge in [-0.3, -0.25) is 4.98 Å². The highest BCUT2D eigenvalue weighted by Crippen LogP contribution is 2.35. The summed E-state index contributed by atoms with van der Waals surface area (Å²) >= 11 is 0.